The van der Waals surface area contributed by atoms with Gasteiger partial charge in [-0.05, 0) is 45.2 Å². The Kier molecular flexibility index (Phi) is 8.12. The molecule has 0 amide bonds. The Morgan fingerprint density at radius 3 is 2.21 bits per heavy atom. The van der Waals surface area contributed by atoms with Gasteiger partial charge in [-0.1, -0.05) is 92.2 Å². The Hall–Kier alpha value is -4.73. The predicted molar refractivity (Wildman–Crippen MR) is 162 cm³/mol. The van der Waals surface area contributed by atoms with Crippen molar-refractivity contribution in [1.29, 1.82) is 0 Å². The number of nitrogens with one attached hydrogen (secondary N) is 1. The molecule has 0 unspecified atom stereocenters. The number of imidazole rings is 1. The van der Waals surface area contributed by atoms with Crippen LogP contribution in [0.2, 0.25) is 0 Å². The Labute approximate surface area is 244 Å². The molecule has 3 aromatic heterocycles. The molecular formula is C33H33N7O2. The number of hydrogen-bond donors (Lipinski definition) is 1. The van der Waals surface area contributed by atoms with E-state index in [1.807, 2.05) is 36.4 Å². The first-order chi connectivity index (χ1) is 20.7. The Bertz CT molecular complexity index is 1760. The van der Waals surface area contributed by atoms with Crippen LogP contribution in [0.4, 0.5) is 0 Å². The fourth-order valence-corrected chi connectivity index (χ4v) is 5.34. The van der Waals surface area contributed by atoms with Gasteiger partial charge in [0.15, 0.2) is 11.5 Å². The summed E-state index contributed by atoms with van der Waals surface area (Å²) in [5, 5.41) is 14.5. The van der Waals surface area contributed by atoms with Crippen molar-refractivity contribution in [2.24, 2.45) is 0 Å². The van der Waals surface area contributed by atoms with Gasteiger partial charge in [-0.25, -0.2) is 15.1 Å². The number of rotatable bonds is 11. The molecule has 212 valence electrons. The number of nitrogens with zero attached hydrogens (tertiary/aromatic N) is 6. The van der Waals surface area contributed by atoms with E-state index in [0.717, 1.165) is 75.3 Å². The summed E-state index contributed by atoms with van der Waals surface area (Å²) in [7, 11) is 3.27. The minimum Gasteiger partial charge on any atom is -0.350 e. The van der Waals surface area contributed by atoms with E-state index in [9.17, 15) is 0 Å². The highest BCUT2D eigenvalue weighted by Crippen LogP contribution is 2.33. The largest absolute Gasteiger partial charge is 0.350 e. The Morgan fingerprint density at radius 2 is 1.52 bits per heavy atom. The summed E-state index contributed by atoms with van der Waals surface area (Å²) >= 11 is 0. The summed E-state index contributed by atoms with van der Waals surface area (Å²) in [5.74, 6) is 1.66. The van der Waals surface area contributed by atoms with Gasteiger partial charge in [0.25, 0.3) is 0 Å². The lowest BCUT2D eigenvalue weighted by Gasteiger charge is -2.18. The van der Waals surface area contributed by atoms with Gasteiger partial charge in [-0.15, -0.1) is 5.10 Å². The minimum atomic E-state index is -0.606. The van der Waals surface area contributed by atoms with Crippen LogP contribution in [0.1, 0.15) is 43.1 Å². The van der Waals surface area contributed by atoms with Gasteiger partial charge in [-0.3, -0.25) is 0 Å². The second-order valence-electron chi connectivity index (χ2n) is 10.1. The molecule has 0 aliphatic rings. The standard InChI is InChI=1S/C33H33N7O2/c1-4-5-15-29-34-28-20-27(23-11-7-6-8-12-23)30(33(41-2)42-3)35-32(28)40(29)21-22-16-18-24(19-17-22)25-13-9-10-14-26(25)31-36-38-39-37-31/h6-14,16-20,33H,4-5,15,21H2,1-3H3,(H,36,37,38,39). The zero-order chi connectivity index (χ0) is 28.9. The van der Waals surface area contributed by atoms with E-state index in [2.05, 4.69) is 80.6 Å². The molecule has 0 bridgehead atoms. The van der Waals surface area contributed by atoms with Crippen molar-refractivity contribution >= 4 is 11.2 Å². The van der Waals surface area contributed by atoms with Crippen molar-refractivity contribution in [2.75, 3.05) is 14.2 Å². The van der Waals surface area contributed by atoms with Crippen LogP contribution in [-0.4, -0.2) is 49.4 Å². The molecule has 0 atom stereocenters. The second kappa shape index (κ2) is 12.4. The number of pyridine rings is 1. The molecule has 0 spiro atoms. The maximum atomic E-state index is 5.69. The van der Waals surface area contributed by atoms with E-state index in [-0.39, 0.29) is 0 Å². The van der Waals surface area contributed by atoms with E-state index in [1.54, 1.807) is 14.2 Å². The van der Waals surface area contributed by atoms with E-state index >= 15 is 0 Å². The van der Waals surface area contributed by atoms with Gasteiger partial charge in [0, 0.05) is 31.8 Å². The lowest BCUT2D eigenvalue weighted by molar-refractivity contribution is -0.108. The molecule has 1 N–H and O–H groups in total. The minimum absolute atomic E-state index is 0.606. The van der Waals surface area contributed by atoms with Gasteiger partial charge >= 0.3 is 0 Å². The fraction of sp³-hybridized carbons (Fsp3) is 0.242. The van der Waals surface area contributed by atoms with Gasteiger partial charge in [0.05, 0.1) is 6.54 Å². The first-order valence-corrected chi connectivity index (χ1v) is 14.1. The molecule has 0 radical (unpaired) electrons. The number of fused-ring (bicyclic) bond motifs is 1. The molecule has 0 fully saturated rings. The molecule has 9 heteroatoms. The molecule has 42 heavy (non-hydrogen) atoms. The number of unbranched alkanes of at least 4 members (excludes halogenated alkanes) is 1. The third-order valence-electron chi connectivity index (χ3n) is 7.45. The van der Waals surface area contributed by atoms with Crippen molar-refractivity contribution in [3.8, 4) is 33.6 Å². The number of benzene rings is 3. The third kappa shape index (κ3) is 5.44. The molecular weight excluding hydrogens is 526 g/mol. The molecule has 0 aliphatic heterocycles. The highest BCUT2D eigenvalue weighted by Gasteiger charge is 2.22. The van der Waals surface area contributed by atoms with Gasteiger partial charge in [0.1, 0.15) is 17.0 Å². The lowest BCUT2D eigenvalue weighted by Crippen LogP contribution is -2.11. The first-order valence-electron chi connectivity index (χ1n) is 14.1. The molecule has 9 nitrogen and oxygen atoms in total. The van der Waals surface area contributed by atoms with Gasteiger partial charge in [0.2, 0.25) is 6.29 Å². The Morgan fingerprint density at radius 1 is 0.810 bits per heavy atom. The predicted octanol–water partition coefficient (Wildman–Crippen LogP) is 6.63. The summed E-state index contributed by atoms with van der Waals surface area (Å²) in [4.78, 5) is 10.2. The average Bonchev–Trinajstić information content (AvgIpc) is 3.70. The lowest BCUT2D eigenvalue weighted by atomic mass is 9.98. The van der Waals surface area contributed by atoms with Gasteiger partial charge in [-0.2, -0.15) is 0 Å². The highest BCUT2D eigenvalue weighted by atomic mass is 16.7. The SMILES string of the molecule is CCCCc1nc2cc(-c3ccccc3)c(C(OC)OC)nc2n1Cc1ccc(-c2ccccc2-c2nnn[nH]2)cc1. The molecule has 6 aromatic rings. The summed E-state index contributed by atoms with van der Waals surface area (Å²) in [6.45, 7) is 2.84. The normalized spacial score (nSPS) is 11.5. The molecule has 0 saturated carbocycles. The number of ether oxygens (including phenoxy) is 2. The molecule has 0 saturated heterocycles. The number of methoxy groups -OCH3 is 2. The summed E-state index contributed by atoms with van der Waals surface area (Å²) in [6.07, 6.45) is 2.40. The van der Waals surface area contributed by atoms with Crippen molar-refractivity contribution < 1.29 is 9.47 Å². The second-order valence-corrected chi connectivity index (χ2v) is 10.1. The van der Waals surface area contributed by atoms with Crippen molar-refractivity contribution in [3.63, 3.8) is 0 Å². The number of aryl methyl sites for hydroxylation is 1. The third-order valence-corrected chi connectivity index (χ3v) is 7.45. The van der Waals surface area contributed by atoms with Crippen LogP contribution in [0.3, 0.4) is 0 Å². The number of aromatic nitrogens is 7. The summed E-state index contributed by atoms with van der Waals surface area (Å²) in [5.41, 5.74) is 8.66. The van der Waals surface area contributed by atoms with Crippen LogP contribution in [0, 0.1) is 0 Å². The van der Waals surface area contributed by atoms with Gasteiger partial charge < -0.3 is 14.0 Å². The summed E-state index contributed by atoms with van der Waals surface area (Å²) < 4.78 is 13.6. The van der Waals surface area contributed by atoms with E-state index in [0.29, 0.717) is 12.4 Å². The van der Waals surface area contributed by atoms with Crippen molar-refractivity contribution in [2.45, 2.75) is 39.0 Å². The van der Waals surface area contributed by atoms with Crippen molar-refractivity contribution in [1.82, 2.24) is 35.2 Å². The maximum absolute atomic E-state index is 5.69. The monoisotopic (exact) mass is 559 g/mol. The van der Waals surface area contributed by atoms with E-state index in [1.165, 1.54) is 0 Å². The van der Waals surface area contributed by atoms with E-state index < -0.39 is 6.29 Å². The first kappa shape index (κ1) is 27.4. The maximum Gasteiger partial charge on any atom is 0.201 e. The van der Waals surface area contributed by atoms with Crippen LogP contribution >= 0.6 is 0 Å². The van der Waals surface area contributed by atoms with Crippen LogP contribution in [-0.2, 0) is 22.4 Å². The molecule has 3 heterocycles. The van der Waals surface area contributed by atoms with Crippen LogP contribution in [0.5, 0.6) is 0 Å². The quantitative estimate of drug-likeness (QED) is 0.178. The zero-order valence-corrected chi connectivity index (χ0v) is 24.0. The fourth-order valence-electron chi connectivity index (χ4n) is 5.34. The average molecular weight is 560 g/mol. The van der Waals surface area contributed by atoms with Crippen LogP contribution in [0.15, 0.2) is 84.9 Å². The Balaban J connectivity index is 1.41. The number of H-pyrrole nitrogens is 1. The molecule has 0 aliphatic carbocycles. The van der Waals surface area contributed by atoms with Crippen LogP contribution < -0.4 is 0 Å². The number of aromatic amines is 1. The molecule has 3 aromatic carbocycles. The van der Waals surface area contributed by atoms with Crippen molar-refractivity contribution in [3.05, 3.63) is 102 Å². The molecule has 6 rings (SSSR count). The smallest absolute Gasteiger partial charge is 0.201 e. The highest BCUT2D eigenvalue weighted by molar-refractivity contribution is 5.82. The topological polar surface area (TPSA) is 104 Å². The number of tetrazole rings is 1. The summed E-state index contributed by atoms with van der Waals surface area (Å²) in [6, 6.07) is 29.0. The number of hydrogen-bond acceptors (Lipinski definition) is 7. The zero-order valence-electron chi connectivity index (χ0n) is 24.0. The van der Waals surface area contributed by atoms with Crippen LogP contribution in [0.25, 0.3) is 44.8 Å². The van der Waals surface area contributed by atoms with E-state index in [4.69, 9.17) is 19.4 Å².